The fraction of sp³-hybridized carbons (Fsp3) is 0.526. The van der Waals surface area contributed by atoms with Gasteiger partial charge in [-0.2, -0.15) is 0 Å². The largest absolute Gasteiger partial charge is 0.491 e. The molecule has 3 N–H and O–H groups in total. The maximum Gasteiger partial charge on any atom is 0.303 e. The van der Waals surface area contributed by atoms with E-state index >= 15 is 0 Å². The van der Waals surface area contributed by atoms with Gasteiger partial charge < -0.3 is 24.4 Å². The molecule has 0 fully saturated rings. The van der Waals surface area contributed by atoms with Gasteiger partial charge in [-0.1, -0.05) is 5.92 Å². The van der Waals surface area contributed by atoms with Gasteiger partial charge in [0.25, 0.3) is 0 Å². The van der Waals surface area contributed by atoms with Gasteiger partial charge in [0.2, 0.25) is 16.8 Å². The van der Waals surface area contributed by atoms with Crippen molar-refractivity contribution in [2.45, 2.75) is 38.2 Å². The van der Waals surface area contributed by atoms with Gasteiger partial charge in [0.05, 0.1) is 18.4 Å². The van der Waals surface area contributed by atoms with E-state index in [9.17, 15) is 18.3 Å². The van der Waals surface area contributed by atoms with Gasteiger partial charge in [-0.05, 0) is 31.4 Å². The van der Waals surface area contributed by atoms with Crippen LogP contribution in [0.2, 0.25) is 0 Å². The molecule has 1 heterocycles. The highest BCUT2D eigenvalue weighted by atomic mass is 32.2. The van der Waals surface area contributed by atoms with Crippen LogP contribution < -0.4 is 18.9 Å². The Morgan fingerprint density at radius 2 is 2.03 bits per heavy atom. The number of nitrogens with one attached hydrogen (secondary N) is 1. The third kappa shape index (κ3) is 9.04. The van der Waals surface area contributed by atoms with Crippen LogP contribution in [0.5, 0.6) is 17.2 Å². The van der Waals surface area contributed by atoms with Crippen molar-refractivity contribution < 1.29 is 37.6 Å². The van der Waals surface area contributed by atoms with Crippen LogP contribution in [-0.2, 0) is 14.8 Å². The number of aliphatic carboxylic acids is 1. The Kier molecular flexibility index (Phi) is 9.05. The van der Waals surface area contributed by atoms with Crippen molar-refractivity contribution >= 4 is 16.0 Å². The first-order chi connectivity index (χ1) is 13.9. The van der Waals surface area contributed by atoms with Crippen molar-refractivity contribution in [1.82, 2.24) is 4.72 Å². The standard InChI is InChI=1S/C19H25NO8S/c21-15(13-26-16-8-9-17-18(12-16)28-14-27-17)6-5-11-29(24,25)20-10-4-2-1-3-7-19(22)23/h8-9,12,15,20-21H,1,3,5-7,10-11,13-14H2,(H,22,23). The van der Waals surface area contributed by atoms with Crippen LogP contribution in [-0.4, -0.2) is 56.4 Å². The van der Waals surface area contributed by atoms with Crippen LogP contribution in [0.15, 0.2) is 18.2 Å². The van der Waals surface area contributed by atoms with E-state index < -0.39 is 22.1 Å². The molecule has 10 heteroatoms. The van der Waals surface area contributed by atoms with Gasteiger partial charge in [0.15, 0.2) is 11.5 Å². The number of sulfonamides is 1. The summed E-state index contributed by atoms with van der Waals surface area (Å²) in [7, 11) is -3.49. The minimum atomic E-state index is -3.49. The Balaban J connectivity index is 1.59. The number of benzene rings is 1. The minimum Gasteiger partial charge on any atom is -0.491 e. The normalized spacial score (nSPS) is 13.4. The highest BCUT2D eigenvalue weighted by molar-refractivity contribution is 7.89. The molecule has 29 heavy (non-hydrogen) atoms. The van der Waals surface area contributed by atoms with Crippen molar-refractivity contribution in [3.05, 3.63) is 18.2 Å². The fourth-order valence-electron chi connectivity index (χ4n) is 2.45. The van der Waals surface area contributed by atoms with Crippen LogP contribution in [0.25, 0.3) is 0 Å². The van der Waals surface area contributed by atoms with E-state index in [1.165, 1.54) is 0 Å². The molecule has 1 aliphatic rings. The fourth-order valence-corrected chi connectivity index (χ4v) is 3.43. The average molecular weight is 427 g/mol. The molecule has 0 amide bonds. The predicted molar refractivity (Wildman–Crippen MR) is 104 cm³/mol. The number of hydrogen-bond acceptors (Lipinski definition) is 7. The van der Waals surface area contributed by atoms with E-state index in [1.54, 1.807) is 18.2 Å². The molecule has 9 nitrogen and oxygen atoms in total. The predicted octanol–water partition coefficient (Wildman–Crippen LogP) is 1.11. The van der Waals surface area contributed by atoms with Crippen molar-refractivity contribution in [3.8, 4) is 29.1 Å². The number of rotatable bonds is 12. The zero-order valence-corrected chi connectivity index (χ0v) is 16.7. The van der Waals surface area contributed by atoms with E-state index in [0.29, 0.717) is 30.1 Å². The Hall–Kier alpha value is -2.48. The summed E-state index contributed by atoms with van der Waals surface area (Å²) < 4.78 is 42.1. The third-order valence-corrected chi connectivity index (χ3v) is 5.35. The summed E-state index contributed by atoms with van der Waals surface area (Å²) >= 11 is 0. The van der Waals surface area contributed by atoms with Crippen molar-refractivity contribution in [1.29, 1.82) is 0 Å². The quantitative estimate of drug-likeness (QED) is 0.334. The highest BCUT2D eigenvalue weighted by Gasteiger charge is 2.15. The molecule has 0 bridgehead atoms. The molecular weight excluding hydrogens is 402 g/mol. The number of aliphatic hydroxyl groups is 1. The number of carboxylic acid groups (broad SMARTS) is 1. The molecule has 1 unspecified atom stereocenters. The number of fused-ring (bicyclic) bond motifs is 1. The first-order valence-corrected chi connectivity index (χ1v) is 10.9. The Morgan fingerprint density at radius 1 is 1.24 bits per heavy atom. The molecule has 0 radical (unpaired) electrons. The molecule has 0 saturated carbocycles. The summed E-state index contributed by atoms with van der Waals surface area (Å²) in [4.78, 5) is 10.3. The van der Waals surface area contributed by atoms with Gasteiger partial charge >= 0.3 is 5.97 Å². The number of carbonyl (C=O) groups is 1. The molecule has 1 aliphatic heterocycles. The number of hydrogen-bond donors (Lipinski definition) is 3. The van der Waals surface area contributed by atoms with Crippen molar-refractivity contribution in [2.75, 3.05) is 25.7 Å². The van der Waals surface area contributed by atoms with E-state index in [0.717, 1.165) is 0 Å². The molecular formula is C19H25NO8S. The highest BCUT2D eigenvalue weighted by Crippen LogP contribution is 2.35. The second kappa shape index (κ2) is 11.5. The Morgan fingerprint density at radius 3 is 2.83 bits per heavy atom. The third-order valence-electron chi connectivity index (χ3n) is 3.93. The van der Waals surface area contributed by atoms with Crippen molar-refractivity contribution in [2.24, 2.45) is 0 Å². The van der Waals surface area contributed by atoms with Gasteiger partial charge in [0, 0.05) is 18.9 Å². The monoisotopic (exact) mass is 427 g/mol. The topological polar surface area (TPSA) is 131 Å². The second-order valence-electron chi connectivity index (χ2n) is 6.36. The molecule has 1 atom stereocenters. The lowest BCUT2D eigenvalue weighted by atomic mass is 10.2. The van der Waals surface area contributed by atoms with Crippen LogP contribution in [0.3, 0.4) is 0 Å². The number of aliphatic hydroxyl groups excluding tert-OH is 1. The minimum absolute atomic E-state index is 0.0226. The van der Waals surface area contributed by atoms with E-state index in [1.807, 2.05) is 0 Å². The molecule has 0 aromatic heterocycles. The summed E-state index contributed by atoms with van der Waals surface area (Å²) in [5.41, 5.74) is 0. The van der Waals surface area contributed by atoms with Crippen LogP contribution >= 0.6 is 0 Å². The maximum absolute atomic E-state index is 11.9. The summed E-state index contributed by atoms with van der Waals surface area (Å²) in [6.07, 6.45) is 0.621. The van der Waals surface area contributed by atoms with E-state index in [2.05, 4.69) is 16.6 Å². The van der Waals surface area contributed by atoms with Crippen LogP contribution in [0, 0.1) is 11.8 Å². The molecule has 160 valence electrons. The zero-order valence-electron chi connectivity index (χ0n) is 15.9. The molecule has 0 saturated heterocycles. The first-order valence-electron chi connectivity index (χ1n) is 9.21. The summed E-state index contributed by atoms with van der Waals surface area (Å²) in [6.45, 7) is 0.181. The Bertz CT molecular complexity index is 844. The smallest absolute Gasteiger partial charge is 0.303 e. The number of ether oxygens (including phenoxy) is 3. The van der Waals surface area contributed by atoms with Gasteiger partial charge in [-0.25, -0.2) is 13.1 Å². The van der Waals surface area contributed by atoms with E-state index in [4.69, 9.17) is 19.3 Å². The van der Waals surface area contributed by atoms with Crippen molar-refractivity contribution in [3.63, 3.8) is 0 Å². The first kappa shape index (κ1) is 22.8. The SMILES string of the molecule is O=C(O)CCCC#CCNS(=O)(=O)CCCC(O)COc1ccc2c(c1)OCO2. The van der Waals surface area contributed by atoms with Gasteiger partial charge in [-0.3, -0.25) is 4.79 Å². The lowest BCUT2D eigenvalue weighted by molar-refractivity contribution is -0.137. The molecule has 2 rings (SSSR count). The summed E-state index contributed by atoms with van der Waals surface area (Å²) in [5, 5.41) is 18.5. The molecule has 1 aromatic rings. The number of unbranched alkanes of at least 4 members (excludes halogenated alkanes) is 1. The van der Waals surface area contributed by atoms with Gasteiger partial charge in [0.1, 0.15) is 12.4 Å². The lowest BCUT2D eigenvalue weighted by Crippen LogP contribution is -2.27. The zero-order chi connectivity index (χ0) is 21.1. The van der Waals surface area contributed by atoms with Crippen LogP contribution in [0.4, 0.5) is 0 Å². The molecule has 0 spiro atoms. The lowest BCUT2D eigenvalue weighted by Gasteiger charge is -2.12. The molecule has 1 aromatic carbocycles. The van der Waals surface area contributed by atoms with Crippen LogP contribution in [0.1, 0.15) is 32.1 Å². The summed E-state index contributed by atoms with van der Waals surface area (Å²) in [6, 6.07) is 5.10. The Labute approximate surface area is 170 Å². The second-order valence-corrected chi connectivity index (χ2v) is 8.29. The van der Waals surface area contributed by atoms with Gasteiger partial charge in [-0.15, -0.1) is 5.92 Å². The molecule has 0 aliphatic carbocycles. The van der Waals surface area contributed by atoms with E-state index in [-0.39, 0.29) is 45.0 Å². The summed E-state index contributed by atoms with van der Waals surface area (Å²) in [5.74, 6) is 6.12. The number of carboxylic acids is 1. The average Bonchev–Trinajstić information content (AvgIpc) is 3.13. The maximum atomic E-state index is 11.9.